The zero-order valence-electron chi connectivity index (χ0n) is 6.35. The second kappa shape index (κ2) is 4.44. The molecule has 0 amide bonds. The average molecular weight is 168 g/mol. The van der Waals surface area contributed by atoms with Crippen LogP contribution in [0.3, 0.4) is 0 Å². The Kier molecular flexibility index (Phi) is 4.22. The van der Waals surface area contributed by atoms with Gasteiger partial charge in [0.05, 0.1) is 0 Å². The Morgan fingerprint density at radius 3 is 2.42 bits per heavy atom. The zero-order valence-corrected chi connectivity index (χ0v) is 6.35. The van der Waals surface area contributed by atoms with Crippen molar-refractivity contribution in [3.8, 4) is 5.75 Å². The quantitative estimate of drug-likeness (QED) is 0.401. The molecular formula is C7H4F3LiO. The Balaban J connectivity index is 0.00000121. The van der Waals surface area contributed by atoms with Gasteiger partial charge in [0.1, 0.15) is 0 Å². The van der Waals surface area contributed by atoms with Gasteiger partial charge in [0.2, 0.25) is 0 Å². The van der Waals surface area contributed by atoms with Gasteiger partial charge in [-0.25, -0.2) is 0 Å². The minimum Gasteiger partial charge on any atom is -0.470 e. The molecule has 1 aromatic rings. The maximum Gasteiger partial charge on any atom is 1.00 e. The van der Waals surface area contributed by atoms with E-state index in [9.17, 15) is 13.2 Å². The van der Waals surface area contributed by atoms with Gasteiger partial charge in [-0.05, 0) is 0 Å². The number of halogens is 3. The van der Waals surface area contributed by atoms with Crippen molar-refractivity contribution in [2.75, 3.05) is 0 Å². The van der Waals surface area contributed by atoms with Crippen molar-refractivity contribution in [2.24, 2.45) is 0 Å². The van der Waals surface area contributed by atoms with E-state index < -0.39 is 6.36 Å². The van der Waals surface area contributed by atoms with Crippen LogP contribution in [0, 0.1) is 6.07 Å². The fourth-order valence-electron chi connectivity index (χ4n) is 0.574. The summed E-state index contributed by atoms with van der Waals surface area (Å²) in [6, 6.07) is 7.70. The summed E-state index contributed by atoms with van der Waals surface area (Å²) in [6.07, 6.45) is -4.62. The van der Waals surface area contributed by atoms with Gasteiger partial charge in [-0.1, -0.05) is 0 Å². The molecule has 0 fully saturated rings. The van der Waals surface area contributed by atoms with Gasteiger partial charge in [-0.15, -0.1) is 25.3 Å². The van der Waals surface area contributed by atoms with Crippen LogP contribution in [-0.2, 0) is 0 Å². The van der Waals surface area contributed by atoms with E-state index in [4.69, 9.17) is 0 Å². The van der Waals surface area contributed by atoms with Crippen LogP contribution in [-0.4, -0.2) is 6.36 Å². The Hall–Kier alpha value is -0.593. The number of rotatable bonds is 1. The molecule has 0 aliphatic heterocycles. The van der Waals surface area contributed by atoms with Crippen LogP contribution < -0.4 is 23.6 Å². The molecule has 0 aromatic heterocycles. The number of benzene rings is 1. The van der Waals surface area contributed by atoms with E-state index in [1.807, 2.05) is 0 Å². The van der Waals surface area contributed by atoms with Crippen molar-refractivity contribution in [3.63, 3.8) is 0 Å². The maximum absolute atomic E-state index is 11.5. The molecule has 0 saturated heterocycles. The first-order valence-electron chi connectivity index (χ1n) is 2.80. The normalized spacial score (nSPS) is 10.2. The molecule has 0 aliphatic rings. The third-order valence-electron chi connectivity index (χ3n) is 0.912. The summed E-state index contributed by atoms with van der Waals surface area (Å²) in [7, 11) is 0. The first-order chi connectivity index (χ1) is 5.08. The first kappa shape index (κ1) is 11.4. The molecule has 1 aromatic carbocycles. The van der Waals surface area contributed by atoms with E-state index in [1.165, 1.54) is 18.2 Å². The number of ether oxygens (including phenoxy) is 1. The molecule has 60 valence electrons. The van der Waals surface area contributed by atoms with E-state index in [2.05, 4.69) is 10.8 Å². The molecule has 1 rings (SSSR count). The second-order valence-electron chi connectivity index (χ2n) is 1.79. The van der Waals surface area contributed by atoms with Crippen molar-refractivity contribution in [1.82, 2.24) is 0 Å². The monoisotopic (exact) mass is 168 g/mol. The second-order valence-corrected chi connectivity index (χ2v) is 1.79. The summed E-state index contributed by atoms with van der Waals surface area (Å²) >= 11 is 0. The SMILES string of the molecule is FC(F)(F)Oc1c[c-]ccc1.[Li+]. The molecule has 0 heterocycles. The summed E-state index contributed by atoms with van der Waals surface area (Å²) in [5.41, 5.74) is 0. The number of hydrogen-bond acceptors (Lipinski definition) is 1. The summed E-state index contributed by atoms with van der Waals surface area (Å²) in [6.45, 7) is 0. The molecule has 0 radical (unpaired) electrons. The molecule has 0 bridgehead atoms. The third-order valence-corrected chi connectivity index (χ3v) is 0.912. The van der Waals surface area contributed by atoms with Crippen LogP contribution in [0.2, 0.25) is 0 Å². The smallest absolute Gasteiger partial charge is 0.470 e. The standard InChI is InChI=1S/C7H4F3O.Li/c8-7(9,10)11-6-4-2-1-3-5-6;/h1-2,4-5H;/q-1;+1. The van der Waals surface area contributed by atoms with Crippen LogP contribution in [0.4, 0.5) is 13.2 Å². The fourth-order valence-corrected chi connectivity index (χ4v) is 0.574. The van der Waals surface area contributed by atoms with Crippen LogP contribution in [0.1, 0.15) is 0 Å². The molecule has 0 aliphatic carbocycles. The number of alkyl halides is 3. The summed E-state index contributed by atoms with van der Waals surface area (Å²) in [5, 5.41) is 0. The van der Waals surface area contributed by atoms with E-state index >= 15 is 0 Å². The van der Waals surface area contributed by atoms with Crippen LogP contribution in [0.15, 0.2) is 24.3 Å². The van der Waals surface area contributed by atoms with E-state index in [1.54, 1.807) is 0 Å². The zero-order chi connectivity index (χ0) is 8.32. The molecule has 0 N–H and O–H groups in total. The van der Waals surface area contributed by atoms with E-state index in [-0.39, 0.29) is 24.6 Å². The molecule has 12 heavy (non-hydrogen) atoms. The van der Waals surface area contributed by atoms with Gasteiger partial charge >= 0.3 is 25.2 Å². The van der Waals surface area contributed by atoms with E-state index in [0.717, 1.165) is 6.07 Å². The Morgan fingerprint density at radius 2 is 2.00 bits per heavy atom. The molecular weight excluding hydrogens is 164 g/mol. The maximum atomic E-state index is 11.5. The average Bonchev–Trinajstić information content (AvgIpc) is 1.85. The van der Waals surface area contributed by atoms with Crippen LogP contribution in [0.5, 0.6) is 5.75 Å². The summed E-state index contributed by atoms with van der Waals surface area (Å²) < 4.78 is 38.1. The molecule has 0 unspecified atom stereocenters. The minimum atomic E-state index is -4.62. The van der Waals surface area contributed by atoms with Gasteiger partial charge < -0.3 is 4.74 Å². The topological polar surface area (TPSA) is 9.23 Å². The van der Waals surface area contributed by atoms with Crippen molar-refractivity contribution < 1.29 is 36.8 Å². The number of hydrogen-bond donors (Lipinski definition) is 0. The molecule has 5 heteroatoms. The van der Waals surface area contributed by atoms with Gasteiger partial charge in [0.25, 0.3) is 0 Å². The largest absolute Gasteiger partial charge is 1.00 e. The van der Waals surface area contributed by atoms with E-state index in [0.29, 0.717) is 0 Å². The molecule has 0 saturated carbocycles. The van der Waals surface area contributed by atoms with Crippen LogP contribution in [0.25, 0.3) is 0 Å². The predicted octanol–water partition coefficient (Wildman–Crippen LogP) is -0.611. The van der Waals surface area contributed by atoms with Crippen molar-refractivity contribution >= 4 is 0 Å². The molecule has 0 spiro atoms. The third kappa shape index (κ3) is 4.32. The van der Waals surface area contributed by atoms with Crippen molar-refractivity contribution in [1.29, 1.82) is 0 Å². The van der Waals surface area contributed by atoms with Gasteiger partial charge in [0.15, 0.2) is 0 Å². The molecule has 0 atom stereocenters. The van der Waals surface area contributed by atoms with Crippen molar-refractivity contribution in [2.45, 2.75) is 6.36 Å². The summed E-state index contributed by atoms with van der Waals surface area (Å²) in [5.74, 6) is -0.250. The van der Waals surface area contributed by atoms with Crippen molar-refractivity contribution in [3.05, 3.63) is 30.3 Å². The van der Waals surface area contributed by atoms with Gasteiger partial charge in [-0.3, -0.25) is 0 Å². The molecule has 1 nitrogen and oxygen atoms in total. The first-order valence-corrected chi connectivity index (χ1v) is 2.80. The Morgan fingerprint density at radius 1 is 1.33 bits per heavy atom. The Labute approximate surface area is 79.7 Å². The Bertz CT molecular complexity index is 222. The van der Waals surface area contributed by atoms with Gasteiger partial charge in [-0.2, -0.15) is 18.2 Å². The summed E-state index contributed by atoms with van der Waals surface area (Å²) in [4.78, 5) is 0. The predicted molar refractivity (Wildman–Crippen MR) is 32.0 cm³/mol. The van der Waals surface area contributed by atoms with Gasteiger partial charge in [0, 0.05) is 5.75 Å². The fraction of sp³-hybridized carbons (Fsp3) is 0.143. The van der Waals surface area contributed by atoms with Crippen LogP contribution >= 0.6 is 0 Å². The minimum absolute atomic E-state index is 0.